The molecule has 0 atom stereocenters. The Morgan fingerprint density at radius 1 is 1.03 bits per heavy atom. The fourth-order valence-electron chi connectivity index (χ4n) is 3.31. The highest BCUT2D eigenvalue weighted by molar-refractivity contribution is 7.99. The Morgan fingerprint density at radius 2 is 1.65 bits per heavy atom. The number of aryl methyl sites for hydroxylation is 1. The smallest absolute Gasteiger partial charge is 0.254 e. The lowest BCUT2D eigenvalue weighted by Crippen LogP contribution is -2.29. The Bertz CT molecular complexity index is 996. The number of carbonyl (C=O) groups is 1. The Labute approximate surface area is 187 Å². The molecule has 0 aliphatic carbocycles. The van der Waals surface area contributed by atoms with Crippen molar-refractivity contribution in [2.75, 3.05) is 5.75 Å². The van der Waals surface area contributed by atoms with Crippen LogP contribution in [0.4, 0.5) is 0 Å². The molecule has 31 heavy (non-hydrogen) atoms. The summed E-state index contributed by atoms with van der Waals surface area (Å²) in [5.74, 6) is 0.864. The summed E-state index contributed by atoms with van der Waals surface area (Å²) in [4.78, 5) is 29.2. The van der Waals surface area contributed by atoms with Crippen molar-refractivity contribution in [3.8, 4) is 0 Å². The normalized spacial score (nSPS) is 10.9. The Morgan fingerprint density at radius 3 is 2.23 bits per heavy atom. The molecular weight excluding hydrogens is 406 g/mol. The van der Waals surface area contributed by atoms with Crippen LogP contribution in [-0.4, -0.2) is 21.2 Å². The summed E-state index contributed by atoms with van der Waals surface area (Å²) < 4.78 is 1.58. The van der Waals surface area contributed by atoms with Crippen LogP contribution in [0.3, 0.4) is 0 Å². The second kappa shape index (κ2) is 11.5. The highest BCUT2D eigenvalue weighted by atomic mass is 32.2. The number of nitrogens with zero attached hydrogens (tertiary/aromatic N) is 2. The Kier molecular flexibility index (Phi) is 8.47. The summed E-state index contributed by atoms with van der Waals surface area (Å²) in [5, 5.41) is 3.92. The number of unbranched alkanes of at least 4 members (excludes halogenated alkanes) is 1. The van der Waals surface area contributed by atoms with Crippen LogP contribution in [0.15, 0.2) is 76.7 Å². The van der Waals surface area contributed by atoms with Gasteiger partial charge in [0.05, 0.1) is 6.04 Å². The van der Waals surface area contributed by atoms with E-state index < -0.39 is 0 Å². The van der Waals surface area contributed by atoms with Crippen molar-refractivity contribution in [1.82, 2.24) is 14.9 Å². The van der Waals surface area contributed by atoms with Gasteiger partial charge in [-0.3, -0.25) is 14.2 Å². The van der Waals surface area contributed by atoms with Crippen LogP contribution in [0.1, 0.15) is 49.0 Å². The van der Waals surface area contributed by atoms with Crippen LogP contribution in [-0.2, 0) is 18.3 Å². The summed E-state index contributed by atoms with van der Waals surface area (Å²) in [6, 6.07) is 21.5. The fraction of sp³-hybridized carbons (Fsp3) is 0.320. The highest BCUT2D eigenvalue weighted by Crippen LogP contribution is 2.22. The molecule has 0 unspecified atom stereocenters. The van der Waals surface area contributed by atoms with Gasteiger partial charge in [0.2, 0.25) is 5.91 Å². The quantitative estimate of drug-likeness (QED) is 0.289. The number of amides is 1. The van der Waals surface area contributed by atoms with Crippen LogP contribution in [0.5, 0.6) is 0 Å². The van der Waals surface area contributed by atoms with Gasteiger partial charge in [-0.2, -0.15) is 0 Å². The summed E-state index contributed by atoms with van der Waals surface area (Å²) in [5.41, 5.74) is 2.93. The SMILES string of the molecule is CCc1cc(=O)n(C)c(SCCCCC(=O)NC(c2ccccc2)c2ccccc2)n1. The summed E-state index contributed by atoms with van der Waals surface area (Å²) in [6.07, 6.45) is 2.88. The van der Waals surface area contributed by atoms with Gasteiger partial charge in [-0.15, -0.1) is 0 Å². The van der Waals surface area contributed by atoms with E-state index in [0.29, 0.717) is 6.42 Å². The van der Waals surface area contributed by atoms with Gasteiger partial charge in [0, 0.05) is 31.0 Å². The zero-order valence-corrected chi connectivity index (χ0v) is 18.9. The predicted molar refractivity (Wildman–Crippen MR) is 126 cm³/mol. The molecule has 3 aromatic rings. The van der Waals surface area contributed by atoms with Gasteiger partial charge in [0.15, 0.2) is 5.16 Å². The molecule has 1 N–H and O–H groups in total. The van der Waals surface area contributed by atoms with Gasteiger partial charge in [-0.25, -0.2) is 4.98 Å². The molecular formula is C25H29N3O2S. The van der Waals surface area contributed by atoms with Crippen LogP contribution >= 0.6 is 11.8 Å². The molecule has 0 fully saturated rings. The van der Waals surface area contributed by atoms with Crippen LogP contribution in [0.2, 0.25) is 0 Å². The number of nitrogens with one attached hydrogen (secondary N) is 1. The zero-order valence-electron chi connectivity index (χ0n) is 18.1. The molecule has 1 heterocycles. The number of rotatable bonds is 10. The van der Waals surface area contributed by atoms with Gasteiger partial charge in [-0.05, 0) is 30.4 Å². The average molecular weight is 436 g/mol. The molecule has 0 saturated carbocycles. The number of carbonyl (C=O) groups excluding carboxylic acids is 1. The van der Waals surface area contributed by atoms with E-state index in [4.69, 9.17) is 0 Å². The van der Waals surface area contributed by atoms with Crippen molar-refractivity contribution >= 4 is 17.7 Å². The first-order valence-corrected chi connectivity index (χ1v) is 11.7. The summed E-state index contributed by atoms with van der Waals surface area (Å²) >= 11 is 1.57. The van der Waals surface area contributed by atoms with Crippen molar-refractivity contribution in [3.05, 3.63) is 93.9 Å². The van der Waals surface area contributed by atoms with E-state index in [1.54, 1.807) is 29.4 Å². The largest absolute Gasteiger partial charge is 0.345 e. The third kappa shape index (κ3) is 6.56. The lowest BCUT2D eigenvalue weighted by Gasteiger charge is -2.20. The molecule has 0 spiro atoms. The molecule has 6 heteroatoms. The summed E-state index contributed by atoms with van der Waals surface area (Å²) in [7, 11) is 1.75. The minimum Gasteiger partial charge on any atom is -0.345 e. The van der Waals surface area contributed by atoms with Gasteiger partial charge < -0.3 is 5.32 Å². The number of thioether (sulfide) groups is 1. The van der Waals surface area contributed by atoms with Crippen LogP contribution in [0.25, 0.3) is 0 Å². The lowest BCUT2D eigenvalue weighted by atomic mass is 9.98. The number of hydrogen-bond acceptors (Lipinski definition) is 4. The van der Waals surface area contributed by atoms with E-state index in [0.717, 1.165) is 47.0 Å². The van der Waals surface area contributed by atoms with Crippen molar-refractivity contribution in [2.24, 2.45) is 7.05 Å². The van der Waals surface area contributed by atoms with Crippen LogP contribution < -0.4 is 10.9 Å². The maximum absolute atomic E-state index is 12.6. The van der Waals surface area contributed by atoms with Gasteiger partial charge in [-0.1, -0.05) is 79.3 Å². The highest BCUT2D eigenvalue weighted by Gasteiger charge is 2.16. The molecule has 0 aliphatic rings. The standard InChI is InChI=1S/C25H29N3O2S/c1-3-21-18-23(30)28(2)25(26-21)31-17-11-10-16-22(29)27-24(19-12-6-4-7-13-19)20-14-8-5-9-15-20/h4-9,12-15,18,24H,3,10-11,16-17H2,1-2H3,(H,27,29). The van der Waals surface area contributed by atoms with Gasteiger partial charge in [0.25, 0.3) is 5.56 Å². The predicted octanol–water partition coefficient (Wildman–Crippen LogP) is 4.51. The lowest BCUT2D eigenvalue weighted by molar-refractivity contribution is -0.121. The molecule has 1 amide bonds. The van der Waals surface area contributed by atoms with Crippen molar-refractivity contribution < 1.29 is 4.79 Å². The molecule has 0 radical (unpaired) electrons. The topological polar surface area (TPSA) is 64.0 Å². The molecule has 0 bridgehead atoms. The second-order valence-electron chi connectivity index (χ2n) is 7.41. The second-order valence-corrected chi connectivity index (χ2v) is 8.47. The van der Waals surface area contributed by atoms with Crippen LogP contribution in [0, 0.1) is 0 Å². The first-order valence-electron chi connectivity index (χ1n) is 10.7. The Balaban J connectivity index is 1.51. The molecule has 0 aliphatic heterocycles. The van der Waals surface area contributed by atoms with E-state index in [2.05, 4.69) is 10.3 Å². The van der Waals surface area contributed by atoms with E-state index in [1.807, 2.05) is 67.6 Å². The maximum Gasteiger partial charge on any atom is 0.254 e. The third-order valence-electron chi connectivity index (χ3n) is 5.11. The zero-order chi connectivity index (χ0) is 22.1. The van der Waals surface area contributed by atoms with E-state index >= 15 is 0 Å². The van der Waals surface area contributed by atoms with E-state index in [1.165, 1.54) is 0 Å². The van der Waals surface area contributed by atoms with Gasteiger partial charge in [0.1, 0.15) is 0 Å². The molecule has 3 rings (SSSR count). The van der Waals surface area contributed by atoms with Crippen molar-refractivity contribution in [2.45, 2.75) is 43.8 Å². The molecule has 5 nitrogen and oxygen atoms in total. The number of aromatic nitrogens is 2. The molecule has 1 aromatic heterocycles. The maximum atomic E-state index is 12.6. The van der Waals surface area contributed by atoms with Gasteiger partial charge >= 0.3 is 0 Å². The number of hydrogen-bond donors (Lipinski definition) is 1. The monoisotopic (exact) mass is 435 g/mol. The fourth-order valence-corrected chi connectivity index (χ4v) is 4.30. The average Bonchev–Trinajstić information content (AvgIpc) is 2.81. The Hall–Kier alpha value is -2.86. The third-order valence-corrected chi connectivity index (χ3v) is 6.23. The van der Waals surface area contributed by atoms with E-state index in [9.17, 15) is 9.59 Å². The molecule has 2 aromatic carbocycles. The van der Waals surface area contributed by atoms with Crippen molar-refractivity contribution in [3.63, 3.8) is 0 Å². The molecule has 0 saturated heterocycles. The first-order chi connectivity index (χ1) is 15.1. The first kappa shape index (κ1) is 22.8. The minimum atomic E-state index is -0.153. The number of benzene rings is 2. The molecule has 162 valence electrons. The summed E-state index contributed by atoms with van der Waals surface area (Å²) in [6.45, 7) is 1.99. The minimum absolute atomic E-state index is 0.0263. The van der Waals surface area contributed by atoms with E-state index in [-0.39, 0.29) is 17.5 Å². The van der Waals surface area contributed by atoms with Crippen molar-refractivity contribution in [1.29, 1.82) is 0 Å².